The van der Waals surface area contributed by atoms with Crippen LogP contribution in [0.4, 0.5) is 0 Å². The van der Waals surface area contributed by atoms with Crippen LogP contribution in [-0.2, 0) is 9.59 Å². The van der Waals surface area contributed by atoms with E-state index >= 15 is 0 Å². The Bertz CT molecular complexity index is 971. The van der Waals surface area contributed by atoms with Gasteiger partial charge in [0.1, 0.15) is 23.5 Å². The van der Waals surface area contributed by atoms with Gasteiger partial charge in [0, 0.05) is 25.6 Å². The first-order valence-electron chi connectivity index (χ1n) is 10.0. The number of hydrogen-bond donors (Lipinski definition) is 2. The molecule has 168 valence electrons. The summed E-state index contributed by atoms with van der Waals surface area (Å²) in [7, 11) is 3.12. The number of β-amino-alcohol motifs (C(OH)–C–C–N with tert-alkyl or cyclic N) is 1. The molecule has 31 heavy (non-hydrogen) atoms. The lowest BCUT2D eigenvalue weighted by Gasteiger charge is -2.34. The third-order valence-corrected chi connectivity index (χ3v) is 6.01. The summed E-state index contributed by atoms with van der Waals surface area (Å²) in [5.41, 5.74) is 0.914. The number of benzene rings is 1. The molecule has 2 heterocycles. The fourth-order valence-electron chi connectivity index (χ4n) is 3.87. The van der Waals surface area contributed by atoms with E-state index in [2.05, 4.69) is 31.6 Å². The zero-order chi connectivity index (χ0) is 22.9. The minimum Gasteiger partial charge on any atom is -0.496 e. The Morgan fingerprint density at radius 3 is 2.65 bits per heavy atom. The maximum atomic E-state index is 13.6. The van der Waals surface area contributed by atoms with Crippen molar-refractivity contribution in [2.75, 3.05) is 20.7 Å². The molecule has 1 aliphatic rings. The minimum atomic E-state index is -0.741. The van der Waals surface area contributed by atoms with Gasteiger partial charge in [0.15, 0.2) is 0 Å². The second-order valence-corrected chi connectivity index (χ2v) is 9.57. The van der Waals surface area contributed by atoms with E-state index in [0.717, 1.165) is 10.0 Å². The summed E-state index contributed by atoms with van der Waals surface area (Å²) in [6, 6.07) is 4.15. The van der Waals surface area contributed by atoms with Gasteiger partial charge in [-0.3, -0.25) is 9.59 Å². The van der Waals surface area contributed by atoms with Crippen molar-refractivity contribution in [1.82, 2.24) is 25.2 Å². The zero-order valence-corrected chi connectivity index (χ0v) is 19.9. The SMILES string of the molecule is CNC(=O)C1CC(O)CN1C(=O)[C@@H](n1cc(-c2ccc(OC)c(Br)c2)nn1)C(C)(C)C. The Morgan fingerprint density at radius 1 is 1.35 bits per heavy atom. The number of halogens is 1. The first-order valence-corrected chi connectivity index (χ1v) is 10.8. The Labute approximate surface area is 189 Å². The van der Waals surface area contributed by atoms with E-state index in [4.69, 9.17) is 4.74 Å². The molecule has 10 heteroatoms. The lowest BCUT2D eigenvalue weighted by atomic mass is 9.85. The number of ether oxygens (including phenoxy) is 1. The molecule has 0 radical (unpaired) electrons. The molecular weight excluding hydrogens is 466 g/mol. The number of rotatable bonds is 5. The van der Waals surface area contributed by atoms with E-state index in [1.165, 1.54) is 11.9 Å². The fourth-order valence-corrected chi connectivity index (χ4v) is 4.41. The second-order valence-electron chi connectivity index (χ2n) is 8.71. The quantitative estimate of drug-likeness (QED) is 0.659. The van der Waals surface area contributed by atoms with E-state index in [9.17, 15) is 14.7 Å². The van der Waals surface area contributed by atoms with Crippen molar-refractivity contribution in [3.63, 3.8) is 0 Å². The highest BCUT2D eigenvalue weighted by molar-refractivity contribution is 9.10. The van der Waals surface area contributed by atoms with E-state index in [1.807, 2.05) is 39.0 Å². The number of hydrogen-bond acceptors (Lipinski definition) is 6. The summed E-state index contributed by atoms with van der Waals surface area (Å²) in [6.07, 6.45) is 1.20. The summed E-state index contributed by atoms with van der Waals surface area (Å²) in [5.74, 6) is 0.136. The molecule has 0 aliphatic carbocycles. The number of carbonyl (C=O) groups excluding carboxylic acids is 2. The van der Waals surface area contributed by atoms with Crippen LogP contribution in [-0.4, -0.2) is 69.7 Å². The molecule has 2 amide bonds. The van der Waals surface area contributed by atoms with Gasteiger partial charge in [-0.25, -0.2) is 4.68 Å². The molecule has 3 rings (SSSR count). The van der Waals surface area contributed by atoms with E-state index in [-0.39, 0.29) is 24.8 Å². The first-order chi connectivity index (χ1) is 14.6. The average Bonchev–Trinajstić information content (AvgIpc) is 3.33. The van der Waals surface area contributed by atoms with E-state index in [0.29, 0.717) is 11.4 Å². The van der Waals surface area contributed by atoms with Crippen molar-refractivity contribution < 1.29 is 19.4 Å². The zero-order valence-electron chi connectivity index (χ0n) is 18.3. The first kappa shape index (κ1) is 23.2. The van der Waals surface area contributed by atoms with Crippen molar-refractivity contribution in [2.24, 2.45) is 5.41 Å². The molecule has 0 bridgehead atoms. The molecule has 2 unspecified atom stereocenters. The molecule has 1 aliphatic heterocycles. The van der Waals surface area contributed by atoms with Crippen LogP contribution in [0.25, 0.3) is 11.3 Å². The molecule has 0 saturated carbocycles. The number of carbonyl (C=O) groups is 2. The van der Waals surface area contributed by atoms with Crippen molar-refractivity contribution in [3.8, 4) is 17.0 Å². The maximum absolute atomic E-state index is 13.6. The maximum Gasteiger partial charge on any atom is 0.248 e. The van der Waals surface area contributed by atoms with Gasteiger partial charge in [-0.15, -0.1) is 5.10 Å². The number of aromatic nitrogens is 3. The number of methoxy groups -OCH3 is 1. The number of likely N-dealkylation sites (N-methyl/N-ethyl adjacent to an activating group) is 1. The summed E-state index contributed by atoms with van der Waals surface area (Å²) >= 11 is 3.47. The van der Waals surface area contributed by atoms with Crippen LogP contribution in [0.15, 0.2) is 28.9 Å². The highest BCUT2D eigenvalue weighted by atomic mass is 79.9. The third kappa shape index (κ3) is 4.74. The molecule has 1 aromatic carbocycles. The standard InChI is InChI=1S/C21H28BrN5O4/c1-21(2,3)18(20(30)26-10-13(28)9-16(26)19(29)23-4)27-11-15(24-25-27)12-6-7-17(31-5)14(22)8-12/h6-8,11,13,16,18,28H,9-10H2,1-5H3,(H,23,29)/t13?,16?,18-/m1/s1. The largest absolute Gasteiger partial charge is 0.496 e. The highest BCUT2D eigenvalue weighted by Crippen LogP contribution is 2.35. The minimum absolute atomic E-state index is 0.108. The molecule has 3 atom stereocenters. The molecule has 1 aromatic heterocycles. The molecule has 2 aromatic rings. The molecule has 0 spiro atoms. The lowest BCUT2D eigenvalue weighted by molar-refractivity contribution is -0.144. The molecule has 2 N–H and O–H groups in total. The van der Waals surface area contributed by atoms with Gasteiger partial charge < -0.3 is 20.1 Å². The number of nitrogens with zero attached hydrogens (tertiary/aromatic N) is 4. The number of aliphatic hydroxyl groups is 1. The lowest BCUT2D eigenvalue weighted by Crippen LogP contribution is -2.49. The van der Waals surface area contributed by atoms with Gasteiger partial charge >= 0.3 is 0 Å². The topological polar surface area (TPSA) is 110 Å². The van der Waals surface area contributed by atoms with Gasteiger partial charge in [0.25, 0.3) is 0 Å². The van der Waals surface area contributed by atoms with Crippen molar-refractivity contribution in [3.05, 3.63) is 28.9 Å². The van der Waals surface area contributed by atoms with Crippen molar-refractivity contribution in [1.29, 1.82) is 0 Å². The Balaban J connectivity index is 1.95. The predicted molar refractivity (Wildman–Crippen MR) is 118 cm³/mol. The van der Waals surface area contributed by atoms with Gasteiger partial charge in [0.2, 0.25) is 11.8 Å². The summed E-state index contributed by atoms with van der Waals surface area (Å²) < 4.78 is 7.59. The fraction of sp³-hybridized carbons (Fsp3) is 0.524. The van der Waals surface area contributed by atoms with Gasteiger partial charge in [-0.2, -0.15) is 0 Å². The van der Waals surface area contributed by atoms with Crippen LogP contribution in [0, 0.1) is 5.41 Å². The van der Waals surface area contributed by atoms with Crippen LogP contribution in [0.5, 0.6) is 5.75 Å². The molecule has 1 saturated heterocycles. The van der Waals surface area contributed by atoms with Crippen LogP contribution < -0.4 is 10.1 Å². The normalized spacial score (nSPS) is 19.9. The third-order valence-electron chi connectivity index (χ3n) is 5.39. The number of likely N-dealkylation sites (tertiary alicyclic amines) is 1. The summed E-state index contributed by atoms with van der Waals surface area (Å²) in [4.78, 5) is 27.3. The van der Waals surface area contributed by atoms with E-state index < -0.39 is 23.6 Å². The van der Waals surface area contributed by atoms with Crippen LogP contribution in [0.1, 0.15) is 33.2 Å². The predicted octanol–water partition coefficient (Wildman–Crippen LogP) is 2.01. The Kier molecular flexibility index (Phi) is 6.70. The van der Waals surface area contributed by atoms with Crippen molar-refractivity contribution in [2.45, 2.75) is 45.4 Å². The molecule has 9 nitrogen and oxygen atoms in total. The number of nitrogens with one attached hydrogen (secondary N) is 1. The summed E-state index contributed by atoms with van der Waals surface area (Å²) in [6.45, 7) is 5.91. The van der Waals surface area contributed by atoms with Gasteiger partial charge in [-0.1, -0.05) is 26.0 Å². The van der Waals surface area contributed by atoms with Crippen LogP contribution in [0.2, 0.25) is 0 Å². The molecular formula is C21H28BrN5O4. The van der Waals surface area contributed by atoms with Gasteiger partial charge in [-0.05, 0) is 39.5 Å². The number of aliphatic hydroxyl groups excluding tert-OH is 1. The number of amides is 2. The van der Waals surface area contributed by atoms with E-state index in [1.54, 1.807) is 18.0 Å². The van der Waals surface area contributed by atoms with Gasteiger partial charge in [0.05, 0.1) is 23.9 Å². The Hall–Kier alpha value is -2.46. The summed E-state index contributed by atoms with van der Waals surface area (Å²) in [5, 5.41) is 21.2. The monoisotopic (exact) mass is 493 g/mol. The van der Waals surface area contributed by atoms with Crippen LogP contribution in [0.3, 0.4) is 0 Å². The smallest absolute Gasteiger partial charge is 0.248 e. The highest BCUT2D eigenvalue weighted by Gasteiger charge is 2.45. The average molecular weight is 494 g/mol. The van der Waals surface area contributed by atoms with Crippen molar-refractivity contribution >= 4 is 27.7 Å². The second kappa shape index (κ2) is 8.96. The molecule has 1 fully saturated rings. The van der Waals surface area contributed by atoms with Crippen LogP contribution >= 0.6 is 15.9 Å². The Morgan fingerprint density at radius 2 is 2.06 bits per heavy atom.